The Balaban J connectivity index is 2.03. The number of nitrogens with one attached hydrogen (secondary N) is 1. The lowest BCUT2D eigenvalue weighted by Gasteiger charge is -2.26. The van der Waals surface area contributed by atoms with Gasteiger partial charge < -0.3 is 24.6 Å². The van der Waals surface area contributed by atoms with Gasteiger partial charge in [-0.25, -0.2) is 4.79 Å². The molecule has 0 aromatic carbocycles. The van der Waals surface area contributed by atoms with Gasteiger partial charge in [0.05, 0.1) is 19.8 Å². The number of carbonyl (C=O) groups is 1. The lowest BCUT2D eigenvalue weighted by atomic mass is 10.2. The zero-order valence-electron chi connectivity index (χ0n) is 7.80. The molecule has 0 amide bonds. The Morgan fingerprint density at radius 3 is 3.07 bits per heavy atom. The van der Waals surface area contributed by atoms with Crippen LogP contribution in [0.25, 0.3) is 0 Å². The zero-order valence-corrected chi connectivity index (χ0v) is 7.80. The summed E-state index contributed by atoms with van der Waals surface area (Å²) in [6.45, 7) is 0.409. The van der Waals surface area contributed by atoms with E-state index in [4.69, 9.17) is 14.6 Å². The quantitative estimate of drug-likeness (QED) is 0.517. The largest absolute Gasteiger partial charge is 0.467 e. The summed E-state index contributed by atoms with van der Waals surface area (Å²) >= 11 is 0. The van der Waals surface area contributed by atoms with Crippen LogP contribution in [0.3, 0.4) is 0 Å². The predicted octanol–water partition coefficient (Wildman–Crippen LogP) is -1.77. The molecule has 0 aromatic heterocycles. The van der Waals surface area contributed by atoms with Crippen LogP contribution in [-0.2, 0) is 19.0 Å². The van der Waals surface area contributed by atoms with Crippen molar-refractivity contribution >= 4 is 5.97 Å². The van der Waals surface area contributed by atoms with E-state index < -0.39 is 18.4 Å². The normalized spacial score (nSPS) is 41.0. The van der Waals surface area contributed by atoms with Gasteiger partial charge in [0.2, 0.25) is 0 Å². The number of fused-ring (bicyclic) bond motifs is 2. The van der Waals surface area contributed by atoms with Crippen molar-refractivity contribution in [2.45, 2.75) is 24.5 Å². The van der Waals surface area contributed by atoms with E-state index in [-0.39, 0.29) is 18.8 Å². The highest BCUT2D eigenvalue weighted by molar-refractivity contribution is 5.75. The van der Waals surface area contributed by atoms with E-state index in [1.807, 2.05) is 0 Å². The monoisotopic (exact) mass is 203 g/mol. The number of rotatable bonds is 2. The first kappa shape index (κ1) is 9.85. The van der Waals surface area contributed by atoms with Crippen LogP contribution in [0.5, 0.6) is 0 Å². The zero-order chi connectivity index (χ0) is 10.1. The van der Waals surface area contributed by atoms with Gasteiger partial charge in [-0.3, -0.25) is 0 Å². The number of ether oxygens (including phenoxy) is 3. The Kier molecular flexibility index (Phi) is 2.69. The van der Waals surface area contributed by atoms with Crippen molar-refractivity contribution in [3.63, 3.8) is 0 Å². The molecule has 2 heterocycles. The predicted molar refractivity (Wildman–Crippen MR) is 44.4 cm³/mol. The number of morpholine rings is 1. The summed E-state index contributed by atoms with van der Waals surface area (Å²) in [7, 11) is 1.31. The molecule has 2 aliphatic heterocycles. The van der Waals surface area contributed by atoms with Gasteiger partial charge in [-0.2, -0.15) is 0 Å². The fraction of sp³-hybridized carbons (Fsp3) is 0.875. The van der Waals surface area contributed by atoms with E-state index in [1.165, 1.54) is 7.11 Å². The molecule has 0 radical (unpaired) electrons. The summed E-state index contributed by atoms with van der Waals surface area (Å²) in [6.07, 6.45) is -1.54. The first-order valence-electron chi connectivity index (χ1n) is 4.49. The maximum absolute atomic E-state index is 11.2. The van der Waals surface area contributed by atoms with Crippen molar-refractivity contribution in [1.82, 2.24) is 5.32 Å². The molecule has 6 nitrogen and oxygen atoms in total. The lowest BCUT2D eigenvalue weighted by Crippen LogP contribution is -2.50. The van der Waals surface area contributed by atoms with Crippen molar-refractivity contribution < 1.29 is 24.1 Å². The molecule has 2 saturated heterocycles. The fourth-order valence-corrected chi connectivity index (χ4v) is 1.69. The fourth-order valence-electron chi connectivity index (χ4n) is 1.69. The number of aliphatic hydroxyl groups is 1. The Hall–Kier alpha value is -0.690. The van der Waals surface area contributed by atoms with Crippen LogP contribution < -0.4 is 5.32 Å². The van der Waals surface area contributed by atoms with Crippen molar-refractivity contribution in [2.75, 3.05) is 20.3 Å². The van der Waals surface area contributed by atoms with E-state index in [1.54, 1.807) is 0 Å². The number of hydrogen-bond acceptors (Lipinski definition) is 6. The summed E-state index contributed by atoms with van der Waals surface area (Å²) in [6, 6.07) is -0.263. The summed E-state index contributed by atoms with van der Waals surface area (Å²) < 4.78 is 15.3. The van der Waals surface area contributed by atoms with Crippen molar-refractivity contribution in [1.29, 1.82) is 0 Å². The minimum Gasteiger partial charge on any atom is -0.467 e. The minimum absolute atomic E-state index is 0.0781. The molecule has 2 fully saturated rings. The van der Waals surface area contributed by atoms with E-state index in [0.29, 0.717) is 6.54 Å². The van der Waals surface area contributed by atoms with Gasteiger partial charge in [-0.05, 0) is 0 Å². The van der Waals surface area contributed by atoms with E-state index in [2.05, 4.69) is 10.1 Å². The molecular formula is C8H13NO5. The van der Waals surface area contributed by atoms with Crippen molar-refractivity contribution in [3.8, 4) is 0 Å². The average Bonchev–Trinajstić information content (AvgIpc) is 2.56. The maximum atomic E-state index is 11.2. The second kappa shape index (κ2) is 3.82. The highest BCUT2D eigenvalue weighted by Gasteiger charge is 2.47. The highest BCUT2D eigenvalue weighted by Crippen LogP contribution is 2.25. The molecule has 0 unspecified atom stereocenters. The van der Waals surface area contributed by atoms with Gasteiger partial charge in [0.15, 0.2) is 12.4 Å². The summed E-state index contributed by atoms with van der Waals surface area (Å²) in [5.41, 5.74) is 0. The van der Waals surface area contributed by atoms with Crippen LogP contribution in [0.4, 0.5) is 0 Å². The number of aliphatic hydroxyl groups excluding tert-OH is 1. The standard InChI is InChI=1S/C8H13NO5/c1-12-7(11)6-5-2-9-4(3-10)8(13-5)14-6/h4-6,8-10H,2-3H2,1H3/t4-,5+,6+,8+/m0/s1. The number of hydrogen-bond donors (Lipinski definition) is 2. The molecule has 2 aliphatic rings. The van der Waals surface area contributed by atoms with Crippen LogP contribution in [-0.4, -0.2) is 55.9 Å². The van der Waals surface area contributed by atoms with Crippen molar-refractivity contribution in [3.05, 3.63) is 0 Å². The Morgan fingerprint density at radius 1 is 1.64 bits per heavy atom. The third-order valence-corrected chi connectivity index (χ3v) is 2.47. The molecule has 0 aromatic rings. The van der Waals surface area contributed by atoms with Gasteiger partial charge >= 0.3 is 5.97 Å². The van der Waals surface area contributed by atoms with Crippen molar-refractivity contribution in [2.24, 2.45) is 0 Å². The number of methoxy groups -OCH3 is 1. The van der Waals surface area contributed by atoms with E-state index in [9.17, 15) is 4.79 Å². The van der Waals surface area contributed by atoms with Crippen LogP contribution in [0.1, 0.15) is 0 Å². The SMILES string of the molecule is COC(=O)[C@@H]1O[C@H]2O[C@@H]1CN[C@H]2CO. The van der Waals surface area contributed by atoms with E-state index in [0.717, 1.165) is 0 Å². The van der Waals surface area contributed by atoms with Gasteiger partial charge in [0.25, 0.3) is 0 Å². The molecule has 14 heavy (non-hydrogen) atoms. The lowest BCUT2D eigenvalue weighted by molar-refractivity contribution is -0.155. The molecule has 4 atom stereocenters. The topological polar surface area (TPSA) is 77.0 Å². The molecule has 0 saturated carbocycles. The van der Waals surface area contributed by atoms with Gasteiger partial charge in [-0.15, -0.1) is 0 Å². The summed E-state index contributed by atoms with van der Waals surface area (Å²) in [5, 5.41) is 12.0. The Morgan fingerprint density at radius 2 is 2.43 bits per heavy atom. The highest BCUT2D eigenvalue weighted by atomic mass is 16.7. The minimum atomic E-state index is -0.672. The second-order valence-corrected chi connectivity index (χ2v) is 3.32. The van der Waals surface area contributed by atoms with Crippen LogP contribution in [0, 0.1) is 0 Å². The van der Waals surface area contributed by atoms with Crippen LogP contribution in [0.2, 0.25) is 0 Å². The molecular weight excluding hydrogens is 190 g/mol. The molecule has 6 heteroatoms. The molecule has 80 valence electrons. The van der Waals surface area contributed by atoms with Crippen LogP contribution >= 0.6 is 0 Å². The summed E-state index contributed by atoms with van der Waals surface area (Å²) in [5.74, 6) is -0.433. The van der Waals surface area contributed by atoms with Gasteiger partial charge in [0, 0.05) is 6.54 Å². The molecule has 2 rings (SSSR count). The van der Waals surface area contributed by atoms with Crippen LogP contribution in [0.15, 0.2) is 0 Å². The summed E-state index contributed by atoms with van der Waals surface area (Å²) in [4.78, 5) is 11.2. The van der Waals surface area contributed by atoms with Gasteiger partial charge in [-0.1, -0.05) is 0 Å². The number of esters is 1. The van der Waals surface area contributed by atoms with Gasteiger partial charge in [0.1, 0.15) is 6.10 Å². The molecule has 0 spiro atoms. The first-order chi connectivity index (χ1) is 6.76. The van der Waals surface area contributed by atoms with E-state index >= 15 is 0 Å². The third kappa shape index (κ3) is 1.50. The maximum Gasteiger partial charge on any atom is 0.337 e. The average molecular weight is 203 g/mol. The smallest absolute Gasteiger partial charge is 0.337 e. The molecule has 2 N–H and O–H groups in total. The second-order valence-electron chi connectivity index (χ2n) is 3.32. The third-order valence-electron chi connectivity index (χ3n) is 2.47. The number of carbonyl (C=O) groups excluding carboxylic acids is 1. The molecule has 2 bridgehead atoms. The Labute approximate surface area is 81.1 Å². The molecule has 0 aliphatic carbocycles. The Bertz CT molecular complexity index is 234. The first-order valence-corrected chi connectivity index (χ1v) is 4.49.